The third kappa shape index (κ3) is 11.7. The summed E-state index contributed by atoms with van der Waals surface area (Å²) < 4.78 is 5.39. The van der Waals surface area contributed by atoms with Gasteiger partial charge in [-0.15, -0.1) is 0 Å². The minimum Gasteiger partial charge on any atom is -0.361 e. The smallest absolute Gasteiger partial charge is 0.243 e. The van der Waals surface area contributed by atoms with Gasteiger partial charge in [-0.2, -0.15) is 0 Å². The normalized spacial score (nSPS) is 18.5. The van der Waals surface area contributed by atoms with Gasteiger partial charge in [-0.3, -0.25) is 19.2 Å². The average Bonchev–Trinajstić information content (AvgIpc) is 3.76. The Bertz CT molecular complexity index is 1250. The number of nitrogens with one attached hydrogen (secondary N) is 4. The number of carbonyl (C=O) groups is 4. The van der Waals surface area contributed by atoms with Crippen molar-refractivity contribution in [2.24, 2.45) is 11.8 Å². The highest BCUT2D eigenvalue weighted by atomic mass is 16.6. The Morgan fingerprint density at radius 3 is 1.71 bits per heavy atom. The van der Waals surface area contributed by atoms with Crippen LogP contribution in [0.15, 0.2) is 60.7 Å². The number of amides is 3. The molecule has 0 unspecified atom stereocenters. The number of ether oxygens (including phenoxy) is 1. The van der Waals surface area contributed by atoms with Crippen molar-refractivity contribution >= 4 is 23.5 Å². The average molecular weight is 621 g/mol. The molecule has 0 aliphatic carbocycles. The lowest BCUT2D eigenvalue weighted by molar-refractivity contribution is -0.134. The Balaban J connectivity index is 1.77. The second kappa shape index (κ2) is 17.2. The number of hydrogen-bond donors (Lipinski definition) is 4. The molecule has 1 heterocycles. The summed E-state index contributed by atoms with van der Waals surface area (Å²) in [5, 5.41) is 12.1. The van der Waals surface area contributed by atoms with Crippen molar-refractivity contribution in [2.75, 3.05) is 13.2 Å². The lowest BCUT2D eigenvalue weighted by Gasteiger charge is -2.28. The molecule has 4 N–H and O–H groups in total. The molecule has 0 bridgehead atoms. The van der Waals surface area contributed by atoms with E-state index in [1.54, 1.807) is 6.92 Å². The minimum absolute atomic E-state index is 0.108. The van der Waals surface area contributed by atoms with E-state index in [0.717, 1.165) is 11.1 Å². The standard InChI is InChI=1S/C36H52N4O5/c1-7-37-28(19-18-26-14-10-8-11-15-26)33(42)39-30(21-25(4)5)34(43)40-31(22-27-16-12-9-13-17-27)35(44)38-29(20-24(2)3)32(41)36(6)23-45-36/h8-17,24-25,28-31,37H,7,18-23H2,1-6H3,(H,38,44)(H,39,42)(H,40,43)/t28-,29-,30-,31-,36+/m0/s1. The molecule has 1 aliphatic rings. The molecule has 45 heavy (non-hydrogen) atoms. The Morgan fingerprint density at radius 2 is 1.18 bits per heavy atom. The van der Waals surface area contributed by atoms with Gasteiger partial charge in [0.05, 0.1) is 18.7 Å². The van der Waals surface area contributed by atoms with E-state index in [4.69, 9.17) is 4.74 Å². The van der Waals surface area contributed by atoms with Gasteiger partial charge in [-0.25, -0.2) is 0 Å². The molecule has 9 nitrogen and oxygen atoms in total. The maximum Gasteiger partial charge on any atom is 0.243 e. The van der Waals surface area contributed by atoms with E-state index in [1.807, 2.05) is 95.3 Å². The van der Waals surface area contributed by atoms with E-state index in [0.29, 0.717) is 38.8 Å². The number of epoxide rings is 1. The maximum absolute atomic E-state index is 13.8. The minimum atomic E-state index is -0.954. The monoisotopic (exact) mass is 620 g/mol. The number of rotatable bonds is 19. The molecule has 0 radical (unpaired) electrons. The van der Waals surface area contributed by atoms with Crippen molar-refractivity contribution in [1.82, 2.24) is 21.3 Å². The first kappa shape index (κ1) is 35.9. The first-order valence-electron chi connectivity index (χ1n) is 16.3. The van der Waals surface area contributed by atoms with Crippen LogP contribution < -0.4 is 21.3 Å². The zero-order valence-corrected chi connectivity index (χ0v) is 27.7. The van der Waals surface area contributed by atoms with Gasteiger partial charge in [0, 0.05) is 6.42 Å². The van der Waals surface area contributed by atoms with Crippen LogP contribution in [0.2, 0.25) is 0 Å². The Labute approximate surface area is 268 Å². The Kier molecular flexibility index (Phi) is 13.7. The molecule has 9 heteroatoms. The molecule has 0 aromatic heterocycles. The fourth-order valence-corrected chi connectivity index (χ4v) is 5.43. The van der Waals surface area contributed by atoms with E-state index >= 15 is 0 Å². The number of ketones is 1. The lowest BCUT2D eigenvalue weighted by Crippen LogP contribution is -2.58. The van der Waals surface area contributed by atoms with Crippen LogP contribution in [-0.4, -0.2) is 66.4 Å². The van der Waals surface area contributed by atoms with Gasteiger partial charge in [-0.1, -0.05) is 95.3 Å². The second-order valence-corrected chi connectivity index (χ2v) is 13.2. The molecular weight excluding hydrogens is 568 g/mol. The first-order valence-corrected chi connectivity index (χ1v) is 16.3. The highest BCUT2D eigenvalue weighted by Gasteiger charge is 2.50. The quantitative estimate of drug-likeness (QED) is 0.177. The summed E-state index contributed by atoms with van der Waals surface area (Å²) in [5.41, 5.74) is 1.11. The molecule has 5 atom stereocenters. The van der Waals surface area contributed by atoms with Crippen molar-refractivity contribution in [2.45, 2.75) is 103 Å². The summed E-state index contributed by atoms with van der Waals surface area (Å²) in [6.45, 7) is 12.6. The summed E-state index contributed by atoms with van der Waals surface area (Å²) in [6.07, 6.45) is 2.38. The molecule has 1 saturated heterocycles. The van der Waals surface area contributed by atoms with E-state index in [1.165, 1.54) is 0 Å². The summed E-state index contributed by atoms with van der Waals surface area (Å²) in [4.78, 5) is 54.4. The van der Waals surface area contributed by atoms with Crippen LogP contribution in [-0.2, 0) is 36.8 Å². The van der Waals surface area contributed by atoms with Gasteiger partial charge in [-0.05, 0) is 62.1 Å². The SMILES string of the molecule is CCN[C@@H](CCc1ccccc1)C(=O)N[C@@H](CC(C)C)C(=O)N[C@@H](Cc1ccccc1)C(=O)N[C@@H](CC(C)C)C(=O)[C@@]1(C)CO1. The zero-order valence-electron chi connectivity index (χ0n) is 27.7. The number of benzene rings is 2. The van der Waals surface area contributed by atoms with E-state index < -0.39 is 41.6 Å². The molecule has 0 spiro atoms. The fraction of sp³-hybridized carbons (Fsp3) is 0.556. The Morgan fingerprint density at radius 1 is 0.711 bits per heavy atom. The number of aryl methyl sites for hydroxylation is 1. The van der Waals surface area contributed by atoms with Crippen molar-refractivity contribution in [1.29, 1.82) is 0 Å². The first-order chi connectivity index (χ1) is 21.4. The molecular formula is C36H52N4O5. The number of likely N-dealkylation sites (N-methyl/N-ethyl adjacent to an activating group) is 1. The van der Waals surface area contributed by atoms with Crippen LogP contribution in [0.1, 0.15) is 71.9 Å². The molecule has 246 valence electrons. The highest BCUT2D eigenvalue weighted by Crippen LogP contribution is 2.29. The van der Waals surface area contributed by atoms with Crippen molar-refractivity contribution in [3.05, 3.63) is 71.8 Å². The number of Topliss-reactive ketones (excluding diaryl/α,β-unsaturated/α-hetero) is 1. The van der Waals surface area contributed by atoms with Crippen molar-refractivity contribution in [3.63, 3.8) is 0 Å². The van der Waals surface area contributed by atoms with E-state index in [-0.39, 0.29) is 29.9 Å². The third-order valence-electron chi connectivity index (χ3n) is 8.03. The van der Waals surface area contributed by atoms with Crippen LogP contribution in [0, 0.1) is 11.8 Å². The summed E-state index contributed by atoms with van der Waals surface area (Å²) >= 11 is 0. The largest absolute Gasteiger partial charge is 0.361 e. The van der Waals surface area contributed by atoms with Crippen LogP contribution >= 0.6 is 0 Å². The molecule has 3 rings (SSSR count). The predicted octanol–water partition coefficient (Wildman–Crippen LogP) is 3.74. The summed E-state index contributed by atoms with van der Waals surface area (Å²) in [5.74, 6) is -1.03. The van der Waals surface area contributed by atoms with Crippen LogP contribution in [0.4, 0.5) is 0 Å². The number of carbonyl (C=O) groups excluding carboxylic acids is 4. The van der Waals surface area contributed by atoms with E-state index in [9.17, 15) is 19.2 Å². The Hall–Kier alpha value is -3.56. The van der Waals surface area contributed by atoms with Gasteiger partial charge in [0.15, 0.2) is 5.78 Å². The van der Waals surface area contributed by atoms with Crippen LogP contribution in [0.5, 0.6) is 0 Å². The third-order valence-corrected chi connectivity index (χ3v) is 8.03. The van der Waals surface area contributed by atoms with Gasteiger partial charge in [0.2, 0.25) is 17.7 Å². The van der Waals surface area contributed by atoms with Gasteiger partial charge in [0.1, 0.15) is 17.7 Å². The summed E-state index contributed by atoms with van der Waals surface area (Å²) in [6, 6.07) is 16.4. The molecule has 1 fully saturated rings. The van der Waals surface area contributed by atoms with Gasteiger partial charge >= 0.3 is 0 Å². The number of hydrogen-bond acceptors (Lipinski definition) is 6. The fourth-order valence-electron chi connectivity index (χ4n) is 5.43. The van der Waals surface area contributed by atoms with Crippen molar-refractivity contribution < 1.29 is 23.9 Å². The predicted molar refractivity (Wildman–Crippen MR) is 176 cm³/mol. The molecule has 1 aliphatic heterocycles. The van der Waals surface area contributed by atoms with Gasteiger partial charge in [0.25, 0.3) is 0 Å². The summed E-state index contributed by atoms with van der Waals surface area (Å²) in [7, 11) is 0. The molecule has 2 aromatic rings. The van der Waals surface area contributed by atoms with Gasteiger partial charge < -0.3 is 26.0 Å². The lowest BCUT2D eigenvalue weighted by atomic mass is 9.93. The molecule has 2 aromatic carbocycles. The topological polar surface area (TPSA) is 129 Å². The van der Waals surface area contributed by atoms with Crippen LogP contribution in [0.25, 0.3) is 0 Å². The zero-order chi connectivity index (χ0) is 33.0. The van der Waals surface area contributed by atoms with Crippen molar-refractivity contribution in [3.8, 4) is 0 Å². The maximum atomic E-state index is 13.8. The molecule has 3 amide bonds. The second-order valence-electron chi connectivity index (χ2n) is 13.2. The highest BCUT2D eigenvalue weighted by molar-refractivity contribution is 5.98. The molecule has 0 saturated carbocycles. The van der Waals surface area contributed by atoms with E-state index in [2.05, 4.69) is 21.3 Å². The van der Waals surface area contributed by atoms with Crippen LogP contribution in [0.3, 0.4) is 0 Å².